The van der Waals surface area contributed by atoms with E-state index in [4.69, 9.17) is 15.5 Å². The highest BCUT2D eigenvalue weighted by Gasteiger charge is 2.22. The quantitative estimate of drug-likeness (QED) is 0.276. The Balaban J connectivity index is 1.33. The second-order valence-electron chi connectivity index (χ2n) is 10.4. The maximum absolute atomic E-state index is 6.14. The minimum atomic E-state index is 0.537. The highest BCUT2D eigenvalue weighted by Crippen LogP contribution is 2.28. The monoisotopic (exact) mass is 490 g/mol. The van der Waals surface area contributed by atoms with Crippen molar-refractivity contribution >= 4 is 17.6 Å². The van der Waals surface area contributed by atoms with Crippen molar-refractivity contribution in [1.82, 2.24) is 25.5 Å². The molecular weight excluding hydrogens is 440 g/mol. The van der Waals surface area contributed by atoms with Crippen LogP contribution in [0.25, 0.3) is 0 Å². The molecule has 9 heteroatoms. The molecule has 0 unspecified atom stereocenters. The molecule has 0 radical (unpaired) electrons. The molecule has 3 rings (SSSR count). The van der Waals surface area contributed by atoms with E-state index in [1.165, 1.54) is 32.1 Å². The van der Waals surface area contributed by atoms with Crippen molar-refractivity contribution in [3.05, 3.63) is 6.07 Å². The van der Waals surface area contributed by atoms with E-state index in [0.717, 1.165) is 83.9 Å². The van der Waals surface area contributed by atoms with Crippen molar-refractivity contribution in [1.29, 1.82) is 0 Å². The van der Waals surface area contributed by atoms with Crippen molar-refractivity contribution < 1.29 is 4.74 Å². The van der Waals surface area contributed by atoms with E-state index in [1.54, 1.807) is 0 Å². The van der Waals surface area contributed by atoms with Gasteiger partial charge in [-0.25, -0.2) is 0 Å². The van der Waals surface area contributed by atoms with E-state index in [2.05, 4.69) is 44.6 Å². The smallest absolute Gasteiger partial charge is 0.226 e. The molecule has 1 aliphatic carbocycles. The Bertz CT molecular complexity index is 703. The molecule has 5 N–H and O–H groups in total. The third kappa shape index (κ3) is 10.5. The Labute approximate surface area is 213 Å². The molecule has 1 aliphatic heterocycles. The Kier molecular flexibility index (Phi) is 12.3. The van der Waals surface area contributed by atoms with E-state index in [9.17, 15) is 0 Å². The number of nitrogens with two attached hydrogens (primary N) is 1. The van der Waals surface area contributed by atoms with Crippen LogP contribution in [0.5, 0.6) is 0 Å². The van der Waals surface area contributed by atoms with Crippen LogP contribution in [0.2, 0.25) is 0 Å². The largest absolute Gasteiger partial charge is 0.383 e. The molecule has 9 nitrogen and oxygen atoms in total. The number of nitrogen functional groups attached to an aromatic ring is 1. The van der Waals surface area contributed by atoms with Crippen molar-refractivity contribution in [3.63, 3.8) is 0 Å². The predicted molar refractivity (Wildman–Crippen MR) is 146 cm³/mol. The zero-order valence-electron chi connectivity index (χ0n) is 22.4. The van der Waals surface area contributed by atoms with Gasteiger partial charge in [0.25, 0.3) is 0 Å². The Hall–Kier alpha value is -1.68. The summed E-state index contributed by atoms with van der Waals surface area (Å²) in [6.45, 7) is 17.3. The van der Waals surface area contributed by atoms with Crippen LogP contribution in [-0.2, 0) is 4.74 Å². The first kappa shape index (κ1) is 27.9. The summed E-state index contributed by atoms with van der Waals surface area (Å²) in [5.74, 6) is 3.63. The molecule has 0 spiro atoms. The van der Waals surface area contributed by atoms with Crippen LogP contribution in [-0.4, -0.2) is 93.0 Å². The molecule has 0 atom stereocenters. The number of rotatable bonds is 15. The van der Waals surface area contributed by atoms with Crippen molar-refractivity contribution in [3.8, 4) is 0 Å². The van der Waals surface area contributed by atoms with Gasteiger partial charge in [0.05, 0.1) is 6.61 Å². The summed E-state index contributed by atoms with van der Waals surface area (Å²) in [6, 6.07) is 2.48. The van der Waals surface area contributed by atoms with Gasteiger partial charge in [0, 0.05) is 58.0 Å². The van der Waals surface area contributed by atoms with E-state index in [1.807, 2.05) is 13.0 Å². The molecule has 1 saturated heterocycles. The van der Waals surface area contributed by atoms with Crippen molar-refractivity contribution in [2.24, 2.45) is 11.8 Å². The first-order valence-electron chi connectivity index (χ1n) is 13.9. The number of piperazine rings is 1. The van der Waals surface area contributed by atoms with Gasteiger partial charge in [-0.2, -0.15) is 9.97 Å². The lowest BCUT2D eigenvalue weighted by molar-refractivity contribution is 0.111. The predicted octanol–water partition coefficient (Wildman–Crippen LogP) is 2.41. The molecule has 0 amide bonds. The molecule has 0 bridgehead atoms. The number of nitrogens with one attached hydrogen (secondary N) is 3. The zero-order chi connectivity index (χ0) is 24.9. The summed E-state index contributed by atoms with van der Waals surface area (Å²) >= 11 is 0. The molecule has 1 saturated carbocycles. The standard InChI is InChI=1S/C26H50N8O/c1-4-35-17-16-33-12-14-34(15-13-33)25-18-24(27)31-26(32-25)30-20-23-8-6-22(7-9-23)19-28-10-5-11-29-21(2)3/h18,21-23,28-29H,4-17,19-20H2,1-3H3,(H3,27,30,31,32). The summed E-state index contributed by atoms with van der Waals surface area (Å²) in [6.07, 6.45) is 6.35. The first-order chi connectivity index (χ1) is 17.0. The third-order valence-corrected chi connectivity index (χ3v) is 7.22. The van der Waals surface area contributed by atoms with Crippen LogP contribution < -0.4 is 26.6 Å². The first-order valence-corrected chi connectivity index (χ1v) is 13.9. The lowest BCUT2D eigenvalue weighted by Gasteiger charge is -2.35. The van der Waals surface area contributed by atoms with Gasteiger partial charge >= 0.3 is 0 Å². The van der Waals surface area contributed by atoms with Crippen molar-refractivity contribution in [2.45, 2.75) is 58.9 Å². The lowest BCUT2D eigenvalue weighted by Crippen LogP contribution is -2.47. The number of hydrogen-bond donors (Lipinski definition) is 4. The van der Waals surface area contributed by atoms with Gasteiger partial charge in [0.1, 0.15) is 11.6 Å². The van der Waals surface area contributed by atoms with Gasteiger partial charge in [0.2, 0.25) is 5.95 Å². The third-order valence-electron chi connectivity index (χ3n) is 7.22. The van der Waals surface area contributed by atoms with E-state index in [-0.39, 0.29) is 0 Å². The summed E-state index contributed by atoms with van der Waals surface area (Å²) in [5, 5.41) is 10.6. The van der Waals surface area contributed by atoms with Crippen LogP contribution in [0, 0.1) is 11.8 Å². The fourth-order valence-electron chi connectivity index (χ4n) is 5.02. The minimum Gasteiger partial charge on any atom is -0.383 e. The Morgan fingerprint density at radius 3 is 2.43 bits per heavy atom. The van der Waals surface area contributed by atoms with E-state index >= 15 is 0 Å². The Morgan fingerprint density at radius 1 is 1.03 bits per heavy atom. The van der Waals surface area contributed by atoms with Crippen LogP contribution >= 0.6 is 0 Å². The molecule has 1 aromatic rings. The summed E-state index contributed by atoms with van der Waals surface area (Å²) in [7, 11) is 0. The number of anilines is 3. The molecule has 1 aromatic heterocycles. The van der Waals surface area contributed by atoms with Crippen LogP contribution in [0.15, 0.2) is 6.07 Å². The SMILES string of the molecule is CCOCCN1CCN(c2cc(N)nc(NCC3CCC(CNCCCNC(C)C)CC3)n2)CC1. The van der Waals surface area contributed by atoms with Crippen molar-refractivity contribution in [2.75, 3.05) is 88.1 Å². The molecule has 0 aromatic carbocycles. The normalized spacial score (nSPS) is 21.5. The van der Waals surface area contributed by atoms with Crippen LogP contribution in [0.3, 0.4) is 0 Å². The maximum atomic E-state index is 6.14. The number of aromatic nitrogens is 2. The van der Waals surface area contributed by atoms with Gasteiger partial charge in [-0.3, -0.25) is 4.90 Å². The minimum absolute atomic E-state index is 0.537. The molecule has 2 aliphatic rings. The second kappa shape index (κ2) is 15.4. The lowest BCUT2D eigenvalue weighted by atomic mass is 9.82. The van der Waals surface area contributed by atoms with Gasteiger partial charge in [-0.1, -0.05) is 13.8 Å². The maximum Gasteiger partial charge on any atom is 0.226 e. The van der Waals surface area contributed by atoms with Gasteiger partial charge < -0.3 is 31.3 Å². The molecule has 2 fully saturated rings. The second-order valence-corrected chi connectivity index (χ2v) is 10.4. The highest BCUT2D eigenvalue weighted by molar-refractivity contribution is 5.51. The number of hydrogen-bond acceptors (Lipinski definition) is 9. The number of nitrogens with zero attached hydrogens (tertiary/aromatic N) is 4. The molecular formula is C26H50N8O. The van der Waals surface area contributed by atoms with E-state index < -0.39 is 0 Å². The van der Waals surface area contributed by atoms with E-state index in [0.29, 0.717) is 23.7 Å². The topological polar surface area (TPSA) is 104 Å². The van der Waals surface area contributed by atoms with Crippen LogP contribution in [0.1, 0.15) is 52.9 Å². The highest BCUT2D eigenvalue weighted by atomic mass is 16.5. The van der Waals surface area contributed by atoms with Gasteiger partial charge in [-0.15, -0.1) is 0 Å². The van der Waals surface area contributed by atoms with Crippen LogP contribution in [0.4, 0.5) is 17.6 Å². The summed E-state index contributed by atoms with van der Waals surface area (Å²) < 4.78 is 5.49. The average Bonchev–Trinajstić information content (AvgIpc) is 2.86. The molecule has 35 heavy (non-hydrogen) atoms. The Morgan fingerprint density at radius 2 is 1.74 bits per heavy atom. The average molecular weight is 491 g/mol. The fraction of sp³-hybridized carbons (Fsp3) is 0.846. The zero-order valence-corrected chi connectivity index (χ0v) is 22.4. The molecule has 200 valence electrons. The summed E-state index contributed by atoms with van der Waals surface area (Å²) in [4.78, 5) is 14.0. The van der Waals surface area contributed by atoms with Gasteiger partial charge in [0.15, 0.2) is 0 Å². The molecule has 2 heterocycles. The summed E-state index contributed by atoms with van der Waals surface area (Å²) in [5.41, 5.74) is 6.14. The number of ether oxygens (including phenoxy) is 1. The fourth-order valence-corrected chi connectivity index (χ4v) is 5.02. The van der Waals surface area contributed by atoms with Gasteiger partial charge in [-0.05, 0) is 70.5 Å².